The second kappa shape index (κ2) is 6.16. The molecule has 1 aromatic carbocycles. The Kier molecular flexibility index (Phi) is 4.50. The first-order chi connectivity index (χ1) is 9.97. The molecule has 1 aromatic rings. The maximum atomic E-state index is 12.2. The Morgan fingerprint density at radius 2 is 2.05 bits per heavy atom. The van der Waals surface area contributed by atoms with Gasteiger partial charge in [-0.25, -0.2) is 4.79 Å². The minimum atomic E-state index is -0.892. The van der Waals surface area contributed by atoms with Crippen molar-refractivity contribution in [2.75, 3.05) is 6.54 Å². The summed E-state index contributed by atoms with van der Waals surface area (Å²) in [5.74, 6) is -0.686. The van der Waals surface area contributed by atoms with E-state index in [0.29, 0.717) is 6.54 Å². The first-order valence-electron chi connectivity index (χ1n) is 7.17. The summed E-state index contributed by atoms with van der Waals surface area (Å²) in [4.78, 5) is 24.7. The lowest BCUT2D eigenvalue weighted by Gasteiger charge is -2.55. The van der Waals surface area contributed by atoms with Gasteiger partial charge in [0.1, 0.15) is 6.61 Å². The van der Waals surface area contributed by atoms with Crippen LogP contribution < -0.4 is 0 Å². The van der Waals surface area contributed by atoms with E-state index in [1.165, 1.54) is 4.90 Å². The molecule has 1 fully saturated rings. The normalized spacial score (nSPS) is 24.3. The number of rotatable bonds is 5. The Bertz CT molecular complexity index is 516. The van der Waals surface area contributed by atoms with E-state index in [1.54, 1.807) is 0 Å². The molecule has 0 saturated carbocycles. The van der Waals surface area contributed by atoms with Crippen molar-refractivity contribution in [1.82, 2.24) is 4.90 Å². The molecular formula is C16H21NO4. The number of amides is 1. The summed E-state index contributed by atoms with van der Waals surface area (Å²) < 4.78 is 5.30. The van der Waals surface area contributed by atoms with Crippen molar-refractivity contribution >= 4 is 12.1 Å². The van der Waals surface area contributed by atoms with Gasteiger partial charge in [-0.1, -0.05) is 37.3 Å². The summed E-state index contributed by atoms with van der Waals surface area (Å²) in [7, 11) is 0. The van der Waals surface area contributed by atoms with Crippen LogP contribution in [0.1, 0.15) is 32.3 Å². The predicted octanol–water partition coefficient (Wildman–Crippen LogP) is 2.90. The van der Waals surface area contributed by atoms with Crippen LogP contribution in [0.5, 0.6) is 0 Å². The molecule has 21 heavy (non-hydrogen) atoms. The van der Waals surface area contributed by atoms with E-state index in [1.807, 2.05) is 44.2 Å². The Hall–Kier alpha value is -2.04. The molecule has 2 atom stereocenters. The van der Waals surface area contributed by atoms with Crippen molar-refractivity contribution in [3.8, 4) is 0 Å². The first-order valence-corrected chi connectivity index (χ1v) is 7.17. The summed E-state index contributed by atoms with van der Waals surface area (Å²) in [6.45, 7) is 4.60. The Morgan fingerprint density at radius 1 is 1.38 bits per heavy atom. The van der Waals surface area contributed by atoms with Gasteiger partial charge >= 0.3 is 12.1 Å². The fourth-order valence-corrected chi connectivity index (χ4v) is 2.93. The van der Waals surface area contributed by atoms with Crippen LogP contribution >= 0.6 is 0 Å². The third kappa shape index (κ3) is 3.17. The molecule has 0 unspecified atom stereocenters. The molecule has 0 radical (unpaired) electrons. The standard InChI is InChI=1S/C16H21NO4/c1-3-13-10-17(16(13,2)9-14(18)19)15(20)21-11-12-7-5-4-6-8-12/h4-8,13H,3,9-11H2,1-2H3,(H,18,19)/t13-,16+/m0/s1. The molecule has 5 nitrogen and oxygen atoms in total. The van der Waals surface area contributed by atoms with Gasteiger partial charge in [0.2, 0.25) is 0 Å². The molecule has 1 amide bonds. The van der Waals surface area contributed by atoms with Gasteiger partial charge in [-0.3, -0.25) is 4.79 Å². The smallest absolute Gasteiger partial charge is 0.410 e. The predicted molar refractivity (Wildman–Crippen MR) is 77.8 cm³/mol. The molecule has 0 aliphatic carbocycles. The minimum absolute atomic E-state index is 0.0497. The van der Waals surface area contributed by atoms with Crippen molar-refractivity contribution in [2.24, 2.45) is 5.92 Å². The second-order valence-electron chi connectivity index (χ2n) is 5.68. The summed E-state index contributed by atoms with van der Waals surface area (Å²) >= 11 is 0. The minimum Gasteiger partial charge on any atom is -0.481 e. The zero-order valence-corrected chi connectivity index (χ0v) is 12.4. The molecule has 0 aromatic heterocycles. The number of aliphatic carboxylic acids is 1. The Labute approximate surface area is 124 Å². The van der Waals surface area contributed by atoms with E-state index in [4.69, 9.17) is 9.84 Å². The highest BCUT2D eigenvalue weighted by atomic mass is 16.6. The zero-order valence-electron chi connectivity index (χ0n) is 12.4. The van der Waals surface area contributed by atoms with E-state index in [2.05, 4.69) is 0 Å². The fraction of sp³-hybridized carbons (Fsp3) is 0.500. The van der Waals surface area contributed by atoms with Crippen molar-refractivity contribution in [3.63, 3.8) is 0 Å². The zero-order chi connectivity index (χ0) is 15.5. The first kappa shape index (κ1) is 15.4. The number of benzene rings is 1. The van der Waals surface area contributed by atoms with E-state index in [0.717, 1.165) is 12.0 Å². The van der Waals surface area contributed by atoms with Gasteiger partial charge < -0.3 is 14.7 Å². The molecule has 1 N–H and O–H groups in total. The van der Waals surface area contributed by atoms with Crippen LogP contribution in [0.15, 0.2) is 30.3 Å². The number of ether oxygens (including phenoxy) is 1. The molecule has 1 saturated heterocycles. The molecular weight excluding hydrogens is 270 g/mol. The number of nitrogens with zero attached hydrogens (tertiary/aromatic N) is 1. The number of carbonyl (C=O) groups excluding carboxylic acids is 1. The topological polar surface area (TPSA) is 66.8 Å². The maximum absolute atomic E-state index is 12.2. The van der Waals surface area contributed by atoms with E-state index in [9.17, 15) is 9.59 Å². The van der Waals surface area contributed by atoms with Gasteiger partial charge in [0.25, 0.3) is 0 Å². The van der Waals surface area contributed by atoms with Crippen LogP contribution in [0.2, 0.25) is 0 Å². The molecule has 1 heterocycles. The molecule has 2 rings (SSSR count). The number of carboxylic acid groups (broad SMARTS) is 1. The average Bonchev–Trinajstić information content (AvgIpc) is 2.45. The lowest BCUT2D eigenvalue weighted by atomic mass is 9.72. The Balaban J connectivity index is 1.97. The summed E-state index contributed by atoms with van der Waals surface area (Å²) in [6, 6.07) is 9.43. The average molecular weight is 291 g/mol. The number of hydrogen-bond donors (Lipinski definition) is 1. The van der Waals surface area contributed by atoms with Crippen LogP contribution in [-0.2, 0) is 16.1 Å². The number of hydrogen-bond acceptors (Lipinski definition) is 3. The SMILES string of the molecule is CC[C@H]1CN(C(=O)OCc2ccccc2)[C@]1(C)CC(=O)O. The molecule has 5 heteroatoms. The summed E-state index contributed by atoms with van der Waals surface area (Å²) in [5, 5.41) is 9.06. The van der Waals surface area contributed by atoms with E-state index in [-0.39, 0.29) is 18.9 Å². The van der Waals surface area contributed by atoms with Gasteiger partial charge in [-0.05, 0) is 18.9 Å². The number of carboxylic acids is 1. The van der Waals surface area contributed by atoms with Gasteiger partial charge in [0, 0.05) is 12.5 Å². The molecule has 1 aliphatic rings. The van der Waals surface area contributed by atoms with Gasteiger partial charge in [0.15, 0.2) is 0 Å². The molecule has 1 aliphatic heterocycles. The quantitative estimate of drug-likeness (QED) is 0.905. The van der Waals surface area contributed by atoms with Crippen molar-refractivity contribution in [3.05, 3.63) is 35.9 Å². The third-order valence-corrected chi connectivity index (χ3v) is 4.33. The van der Waals surface area contributed by atoms with Crippen molar-refractivity contribution in [2.45, 2.75) is 38.8 Å². The van der Waals surface area contributed by atoms with E-state index < -0.39 is 17.6 Å². The van der Waals surface area contributed by atoms with Crippen LogP contribution in [0.3, 0.4) is 0 Å². The van der Waals surface area contributed by atoms with Gasteiger partial charge in [-0.15, -0.1) is 0 Å². The van der Waals surface area contributed by atoms with Crippen LogP contribution in [0.25, 0.3) is 0 Å². The largest absolute Gasteiger partial charge is 0.481 e. The lowest BCUT2D eigenvalue weighted by molar-refractivity contribution is -0.146. The van der Waals surface area contributed by atoms with E-state index >= 15 is 0 Å². The van der Waals surface area contributed by atoms with Crippen LogP contribution in [-0.4, -0.2) is 34.2 Å². The van der Waals surface area contributed by atoms with Crippen molar-refractivity contribution < 1.29 is 19.4 Å². The number of likely N-dealkylation sites (tertiary alicyclic amines) is 1. The second-order valence-corrected chi connectivity index (χ2v) is 5.68. The maximum Gasteiger partial charge on any atom is 0.410 e. The molecule has 114 valence electrons. The van der Waals surface area contributed by atoms with Crippen LogP contribution in [0.4, 0.5) is 4.79 Å². The third-order valence-electron chi connectivity index (χ3n) is 4.33. The summed E-state index contributed by atoms with van der Waals surface area (Å²) in [6.07, 6.45) is 0.366. The number of carbonyl (C=O) groups is 2. The van der Waals surface area contributed by atoms with Crippen molar-refractivity contribution in [1.29, 1.82) is 0 Å². The van der Waals surface area contributed by atoms with Gasteiger partial charge in [-0.2, -0.15) is 0 Å². The summed E-state index contributed by atoms with van der Waals surface area (Å²) in [5.41, 5.74) is 0.271. The highest BCUT2D eigenvalue weighted by Gasteiger charge is 2.53. The highest BCUT2D eigenvalue weighted by molar-refractivity contribution is 5.74. The highest BCUT2D eigenvalue weighted by Crippen LogP contribution is 2.41. The monoisotopic (exact) mass is 291 g/mol. The van der Waals surface area contributed by atoms with Crippen LogP contribution in [0, 0.1) is 5.92 Å². The fourth-order valence-electron chi connectivity index (χ4n) is 2.93. The Morgan fingerprint density at radius 3 is 2.62 bits per heavy atom. The molecule has 0 spiro atoms. The molecule has 0 bridgehead atoms. The lowest BCUT2D eigenvalue weighted by Crippen LogP contribution is -2.67. The van der Waals surface area contributed by atoms with Gasteiger partial charge in [0.05, 0.1) is 12.0 Å².